The Kier molecular flexibility index (Phi) is 9.27. The zero-order chi connectivity index (χ0) is 22.1. The summed E-state index contributed by atoms with van der Waals surface area (Å²) in [4.78, 5) is 2.61. The molecule has 31 heavy (non-hydrogen) atoms. The van der Waals surface area contributed by atoms with Crippen molar-refractivity contribution in [2.24, 2.45) is 0 Å². The van der Waals surface area contributed by atoms with Crippen LogP contribution in [0.5, 0.6) is 11.5 Å². The maximum Gasteiger partial charge on any atom is 0.124 e. The van der Waals surface area contributed by atoms with Gasteiger partial charge in [-0.15, -0.1) is 0 Å². The van der Waals surface area contributed by atoms with Gasteiger partial charge in [0.1, 0.15) is 11.5 Å². The van der Waals surface area contributed by atoms with Gasteiger partial charge in [0.2, 0.25) is 0 Å². The van der Waals surface area contributed by atoms with Crippen molar-refractivity contribution in [1.82, 2.24) is 4.90 Å². The van der Waals surface area contributed by atoms with Crippen molar-refractivity contribution in [2.75, 3.05) is 19.8 Å². The molecule has 3 heteroatoms. The van der Waals surface area contributed by atoms with Crippen LogP contribution >= 0.6 is 0 Å². The van der Waals surface area contributed by atoms with Gasteiger partial charge < -0.3 is 9.47 Å². The van der Waals surface area contributed by atoms with E-state index in [9.17, 15) is 0 Å². The van der Waals surface area contributed by atoms with Crippen LogP contribution in [0, 0.1) is 0 Å². The molecule has 0 spiro atoms. The molecule has 3 rings (SSSR count). The molecule has 0 radical (unpaired) electrons. The van der Waals surface area contributed by atoms with Crippen molar-refractivity contribution < 1.29 is 9.47 Å². The van der Waals surface area contributed by atoms with Crippen LogP contribution in [0.15, 0.2) is 42.5 Å². The van der Waals surface area contributed by atoms with Gasteiger partial charge in [-0.2, -0.15) is 0 Å². The first-order valence-electron chi connectivity index (χ1n) is 12.4. The van der Waals surface area contributed by atoms with Gasteiger partial charge in [0.05, 0.1) is 19.3 Å². The quantitative estimate of drug-likeness (QED) is 0.337. The normalized spacial score (nSPS) is 16.4. The molecule has 0 saturated carbocycles. The minimum Gasteiger partial charge on any atom is -0.494 e. The van der Waals surface area contributed by atoms with E-state index in [0.29, 0.717) is 6.04 Å². The highest BCUT2D eigenvalue weighted by molar-refractivity contribution is 5.49. The lowest BCUT2D eigenvalue weighted by Crippen LogP contribution is -2.40. The van der Waals surface area contributed by atoms with Gasteiger partial charge in [-0.1, -0.05) is 63.8 Å². The number of fused-ring (bicyclic) bond motifs is 1. The summed E-state index contributed by atoms with van der Waals surface area (Å²) < 4.78 is 12.4. The van der Waals surface area contributed by atoms with Crippen LogP contribution in [0.25, 0.3) is 0 Å². The molecule has 3 nitrogen and oxygen atoms in total. The highest BCUT2D eigenvalue weighted by Gasteiger charge is 2.33. The molecule has 0 N–H and O–H groups in total. The molecule has 1 atom stereocenters. The molecule has 170 valence electrons. The number of hydrogen-bond donors (Lipinski definition) is 0. The lowest BCUT2D eigenvalue weighted by Gasteiger charge is -2.41. The zero-order valence-electron chi connectivity index (χ0n) is 20.0. The van der Waals surface area contributed by atoms with Gasteiger partial charge in [0.15, 0.2) is 0 Å². The molecule has 1 aliphatic rings. The highest BCUT2D eigenvalue weighted by atomic mass is 16.5. The third kappa shape index (κ3) is 6.26. The van der Waals surface area contributed by atoms with E-state index >= 15 is 0 Å². The Labute approximate surface area is 189 Å². The minimum atomic E-state index is 0.199. The molecule has 0 aromatic heterocycles. The smallest absolute Gasteiger partial charge is 0.124 e. The van der Waals surface area contributed by atoms with Crippen LogP contribution in [0.2, 0.25) is 0 Å². The number of nitrogens with zero attached hydrogens (tertiary/aromatic N) is 1. The fourth-order valence-electron chi connectivity index (χ4n) is 4.55. The van der Waals surface area contributed by atoms with Crippen LogP contribution in [-0.2, 0) is 6.42 Å². The zero-order valence-corrected chi connectivity index (χ0v) is 20.0. The second-order valence-corrected chi connectivity index (χ2v) is 9.00. The van der Waals surface area contributed by atoms with E-state index in [4.69, 9.17) is 9.47 Å². The van der Waals surface area contributed by atoms with Crippen molar-refractivity contribution in [1.29, 1.82) is 0 Å². The van der Waals surface area contributed by atoms with E-state index in [0.717, 1.165) is 50.5 Å². The fraction of sp³-hybridized carbons (Fsp3) is 0.571. The number of unbranched alkanes of at least 4 members (excludes halogenated alkanes) is 4. The lowest BCUT2D eigenvalue weighted by molar-refractivity contribution is 0.162. The summed E-state index contributed by atoms with van der Waals surface area (Å²) in [7, 11) is 0. The van der Waals surface area contributed by atoms with Gasteiger partial charge in [0.25, 0.3) is 0 Å². The first-order valence-corrected chi connectivity index (χ1v) is 12.4. The van der Waals surface area contributed by atoms with Crippen LogP contribution in [0.3, 0.4) is 0 Å². The van der Waals surface area contributed by atoms with E-state index in [1.54, 1.807) is 0 Å². The largest absolute Gasteiger partial charge is 0.494 e. The molecule has 0 amide bonds. The Morgan fingerprint density at radius 3 is 2.32 bits per heavy atom. The number of ether oxygens (including phenoxy) is 2. The molecule has 1 aliphatic heterocycles. The van der Waals surface area contributed by atoms with Crippen molar-refractivity contribution in [2.45, 2.75) is 84.7 Å². The maximum atomic E-state index is 6.35. The maximum absolute atomic E-state index is 6.35. The molecule has 2 aromatic carbocycles. The first kappa shape index (κ1) is 23.7. The topological polar surface area (TPSA) is 21.7 Å². The molecule has 1 heterocycles. The lowest BCUT2D eigenvalue weighted by atomic mass is 9.86. The number of hydrogen-bond acceptors (Lipinski definition) is 3. The van der Waals surface area contributed by atoms with Gasteiger partial charge in [-0.25, -0.2) is 0 Å². The molecule has 0 saturated heterocycles. The Morgan fingerprint density at radius 2 is 1.61 bits per heavy atom. The monoisotopic (exact) mass is 423 g/mol. The van der Waals surface area contributed by atoms with Crippen molar-refractivity contribution in [3.05, 3.63) is 59.2 Å². The van der Waals surface area contributed by atoms with E-state index in [2.05, 4.69) is 75.1 Å². The van der Waals surface area contributed by atoms with E-state index in [-0.39, 0.29) is 6.04 Å². The SMILES string of the molecule is CCCCCOc1cccc(C2c3c(cccc3OCCCCC)CCN2C(C)C)c1. The van der Waals surface area contributed by atoms with Crippen LogP contribution in [0.4, 0.5) is 0 Å². The van der Waals surface area contributed by atoms with Gasteiger partial charge in [-0.05, 0) is 62.4 Å². The molecule has 0 bridgehead atoms. The Hall–Kier alpha value is -2.00. The molecule has 0 fully saturated rings. The number of benzene rings is 2. The van der Waals surface area contributed by atoms with Gasteiger partial charge >= 0.3 is 0 Å². The molecular weight excluding hydrogens is 382 g/mol. The van der Waals surface area contributed by atoms with Crippen LogP contribution < -0.4 is 9.47 Å². The van der Waals surface area contributed by atoms with Gasteiger partial charge in [0, 0.05) is 18.2 Å². The summed E-state index contributed by atoms with van der Waals surface area (Å²) in [6.07, 6.45) is 8.16. The summed E-state index contributed by atoms with van der Waals surface area (Å²) in [5, 5.41) is 0. The van der Waals surface area contributed by atoms with Crippen molar-refractivity contribution in [3.8, 4) is 11.5 Å². The average Bonchev–Trinajstić information content (AvgIpc) is 2.79. The van der Waals surface area contributed by atoms with E-state index < -0.39 is 0 Å². The number of rotatable bonds is 12. The molecular formula is C28H41NO2. The van der Waals surface area contributed by atoms with E-state index in [1.165, 1.54) is 42.4 Å². The summed E-state index contributed by atoms with van der Waals surface area (Å²) in [5.41, 5.74) is 4.07. The molecule has 2 aromatic rings. The van der Waals surface area contributed by atoms with Crippen molar-refractivity contribution in [3.63, 3.8) is 0 Å². The third-order valence-corrected chi connectivity index (χ3v) is 6.26. The standard InChI is InChI=1S/C28H41NO2/c1-5-7-9-19-30-25-15-11-14-24(21-25)28-27-23(17-18-29(28)22(3)4)13-12-16-26(27)31-20-10-8-6-2/h11-16,21-22,28H,5-10,17-20H2,1-4H3. The predicted molar refractivity (Wildman–Crippen MR) is 130 cm³/mol. The van der Waals surface area contributed by atoms with Crippen molar-refractivity contribution >= 4 is 0 Å². The molecule has 0 aliphatic carbocycles. The minimum absolute atomic E-state index is 0.199. The predicted octanol–water partition coefficient (Wildman–Crippen LogP) is 7.18. The van der Waals surface area contributed by atoms with Crippen LogP contribution in [-0.4, -0.2) is 30.7 Å². The summed E-state index contributed by atoms with van der Waals surface area (Å²) in [5.74, 6) is 2.03. The van der Waals surface area contributed by atoms with Gasteiger partial charge in [-0.3, -0.25) is 4.90 Å². The third-order valence-electron chi connectivity index (χ3n) is 6.26. The summed E-state index contributed by atoms with van der Waals surface area (Å²) in [6.45, 7) is 11.7. The summed E-state index contributed by atoms with van der Waals surface area (Å²) >= 11 is 0. The van der Waals surface area contributed by atoms with Crippen LogP contribution in [0.1, 0.15) is 89.0 Å². The Balaban J connectivity index is 1.91. The first-order chi connectivity index (χ1) is 15.2. The Morgan fingerprint density at radius 1 is 0.903 bits per heavy atom. The van der Waals surface area contributed by atoms with E-state index in [1.807, 2.05) is 0 Å². The second kappa shape index (κ2) is 12.1. The average molecular weight is 424 g/mol. The second-order valence-electron chi connectivity index (χ2n) is 9.00. The Bertz CT molecular complexity index is 801. The highest BCUT2D eigenvalue weighted by Crippen LogP contribution is 2.42. The fourth-order valence-corrected chi connectivity index (χ4v) is 4.55. The summed E-state index contributed by atoms with van der Waals surface area (Å²) in [6, 6.07) is 16.0. The molecule has 1 unspecified atom stereocenters.